The van der Waals surface area contributed by atoms with Gasteiger partial charge < -0.3 is 30.4 Å². The molecule has 2 aliphatic rings. The van der Waals surface area contributed by atoms with E-state index in [-0.39, 0.29) is 36.3 Å². The highest BCUT2D eigenvalue weighted by Crippen LogP contribution is 2.37. The summed E-state index contributed by atoms with van der Waals surface area (Å²) in [5.74, 6) is -1.57. The van der Waals surface area contributed by atoms with Gasteiger partial charge in [-0.05, 0) is 74.7 Å². The van der Waals surface area contributed by atoms with E-state index in [0.29, 0.717) is 45.3 Å². The summed E-state index contributed by atoms with van der Waals surface area (Å²) < 4.78 is 6.35. The fraction of sp³-hybridized carbons (Fsp3) is 0.688. The Kier molecular flexibility index (Phi) is 11.6. The Morgan fingerprint density at radius 2 is 1.65 bits per heavy atom. The third-order valence-electron chi connectivity index (χ3n) is 9.45. The topological polar surface area (TPSA) is 137 Å². The Hall–Kier alpha value is -2.76. The average molecular weight is 617 g/mol. The zero-order valence-corrected chi connectivity index (χ0v) is 28.0. The molecule has 10 nitrogen and oxygen atoms in total. The molecule has 0 spiro atoms. The second kappa shape index (κ2) is 14.3. The fourth-order valence-electron chi connectivity index (χ4n) is 5.17. The molecule has 0 aromatic heterocycles. The van der Waals surface area contributed by atoms with Crippen LogP contribution < -0.4 is 16.0 Å². The fourth-order valence-corrected chi connectivity index (χ4v) is 6.13. The predicted molar refractivity (Wildman–Crippen MR) is 169 cm³/mol. The van der Waals surface area contributed by atoms with Crippen molar-refractivity contribution in [2.24, 2.45) is 0 Å². The van der Waals surface area contributed by atoms with Crippen LogP contribution >= 0.6 is 0 Å². The first-order chi connectivity index (χ1) is 20.1. The quantitative estimate of drug-likeness (QED) is 0.236. The molecule has 2 fully saturated rings. The van der Waals surface area contributed by atoms with Gasteiger partial charge in [0.2, 0.25) is 23.6 Å². The van der Waals surface area contributed by atoms with Crippen molar-refractivity contribution in [3.63, 3.8) is 0 Å². The summed E-state index contributed by atoms with van der Waals surface area (Å²) in [5.41, 5.74) is 0.617. The van der Waals surface area contributed by atoms with Gasteiger partial charge in [0, 0.05) is 19.6 Å². The van der Waals surface area contributed by atoms with Crippen molar-refractivity contribution in [1.82, 2.24) is 20.9 Å². The van der Waals surface area contributed by atoms with Crippen molar-refractivity contribution in [2.45, 2.75) is 128 Å². The summed E-state index contributed by atoms with van der Waals surface area (Å²) in [4.78, 5) is 56.0. The van der Waals surface area contributed by atoms with E-state index in [1.54, 1.807) is 18.7 Å². The molecular formula is C32H52N4O6Si. The van der Waals surface area contributed by atoms with Gasteiger partial charge in [0.25, 0.3) is 0 Å². The van der Waals surface area contributed by atoms with Crippen LogP contribution in [0.4, 0.5) is 0 Å². The maximum absolute atomic E-state index is 14.0. The Bertz CT molecular complexity index is 1150. The molecule has 4 amide bonds. The van der Waals surface area contributed by atoms with E-state index < -0.39 is 43.8 Å². The zero-order chi connectivity index (χ0) is 32.0. The minimum Gasteiger partial charge on any atom is -0.413 e. The molecular weight excluding hydrogens is 564 g/mol. The van der Waals surface area contributed by atoms with Crippen molar-refractivity contribution in [3.05, 3.63) is 35.4 Å². The predicted octanol–water partition coefficient (Wildman–Crippen LogP) is 3.17. The standard InChI is InChI=1S/C32H52N4O6Si/c1-8-32(5)30(41)34-25(20-22-14-16-23(17-15-22)21-42-43(6,7)31(2,3)4)29(40)36-18-11-13-26(36)28(39)33-24(27(38)35-32)12-9-10-19-37/h14-17,24-26,37H,8-13,18-21H2,1-7H3,(H,33,39)(H,34,41)(H,35,38)/t24-,25-,26+,32-/m0/s1. The smallest absolute Gasteiger partial charge is 0.246 e. The number of carbonyl (C=O) groups excluding carboxylic acids is 4. The number of aliphatic hydroxyl groups excluding tert-OH is 1. The van der Waals surface area contributed by atoms with E-state index in [0.717, 1.165) is 11.1 Å². The van der Waals surface area contributed by atoms with Crippen LogP contribution in [-0.2, 0) is 36.6 Å². The van der Waals surface area contributed by atoms with Crippen LogP contribution in [0.3, 0.4) is 0 Å². The van der Waals surface area contributed by atoms with Gasteiger partial charge >= 0.3 is 0 Å². The highest BCUT2D eigenvalue weighted by atomic mass is 28.4. The summed E-state index contributed by atoms with van der Waals surface area (Å²) in [6.45, 7) is 15.4. The van der Waals surface area contributed by atoms with Gasteiger partial charge in [-0.1, -0.05) is 52.0 Å². The molecule has 1 aromatic carbocycles. The molecule has 0 aliphatic carbocycles. The molecule has 2 aliphatic heterocycles. The summed E-state index contributed by atoms with van der Waals surface area (Å²) in [6.07, 6.45) is 3.01. The lowest BCUT2D eigenvalue weighted by Crippen LogP contribution is -2.65. The van der Waals surface area contributed by atoms with E-state index in [4.69, 9.17) is 4.43 Å². The number of fused-ring (bicyclic) bond motifs is 1. The van der Waals surface area contributed by atoms with Crippen molar-refractivity contribution in [1.29, 1.82) is 0 Å². The first-order valence-electron chi connectivity index (χ1n) is 15.7. The monoisotopic (exact) mass is 616 g/mol. The Labute approximate surface area is 257 Å². The molecule has 4 atom stereocenters. The maximum atomic E-state index is 14.0. The molecule has 0 radical (unpaired) electrons. The molecule has 240 valence electrons. The Morgan fingerprint density at radius 1 is 1.00 bits per heavy atom. The molecule has 0 saturated carbocycles. The lowest BCUT2D eigenvalue weighted by molar-refractivity contribution is -0.144. The van der Waals surface area contributed by atoms with Gasteiger partial charge in [0.05, 0.1) is 6.61 Å². The summed E-state index contributed by atoms with van der Waals surface area (Å²) in [6, 6.07) is 5.39. The van der Waals surface area contributed by atoms with Crippen molar-refractivity contribution >= 4 is 31.9 Å². The number of hydrogen-bond donors (Lipinski definition) is 4. The number of benzene rings is 1. The molecule has 2 heterocycles. The zero-order valence-electron chi connectivity index (χ0n) is 27.0. The normalized spacial score (nSPS) is 25.8. The second-order valence-corrected chi connectivity index (χ2v) is 18.6. The molecule has 3 rings (SSSR count). The van der Waals surface area contributed by atoms with Gasteiger partial charge in [-0.3, -0.25) is 19.2 Å². The van der Waals surface area contributed by atoms with Crippen LogP contribution in [0.5, 0.6) is 0 Å². The molecule has 4 N–H and O–H groups in total. The van der Waals surface area contributed by atoms with Crippen LogP contribution in [0.25, 0.3) is 0 Å². The van der Waals surface area contributed by atoms with Crippen molar-refractivity contribution in [2.75, 3.05) is 13.2 Å². The third-order valence-corrected chi connectivity index (χ3v) is 13.9. The molecule has 11 heteroatoms. The SMILES string of the molecule is CC[C@]1(C)NC(=O)[C@H](CCCCO)NC(=O)[C@H]2CCCN2C(=O)[C@H](Cc2ccc(CO[Si](C)(C)C(C)(C)C)cc2)NC1=O. The third kappa shape index (κ3) is 8.67. The first kappa shape index (κ1) is 34.7. The Morgan fingerprint density at radius 3 is 2.26 bits per heavy atom. The second-order valence-electron chi connectivity index (χ2n) is 13.7. The highest BCUT2D eigenvalue weighted by Gasteiger charge is 2.43. The van der Waals surface area contributed by atoms with Gasteiger partial charge in [-0.15, -0.1) is 0 Å². The maximum Gasteiger partial charge on any atom is 0.246 e. The summed E-state index contributed by atoms with van der Waals surface area (Å²) in [5, 5.41) is 17.9. The van der Waals surface area contributed by atoms with E-state index in [9.17, 15) is 24.3 Å². The summed E-state index contributed by atoms with van der Waals surface area (Å²) >= 11 is 0. The average Bonchev–Trinajstić information content (AvgIpc) is 3.44. The van der Waals surface area contributed by atoms with Gasteiger partial charge in [0.1, 0.15) is 23.7 Å². The molecule has 1 aromatic rings. The van der Waals surface area contributed by atoms with Gasteiger partial charge in [-0.25, -0.2) is 0 Å². The number of carbonyl (C=O) groups is 4. The van der Waals surface area contributed by atoms with Gasteiger partial charge in [-0.2, -0.15) is 0 Å². The van der Waals surface area contributed by atoms with Crippen LogP contribution in [0.15, 0.2) is 24.3 Å². The van der Waals surface area contributed by atoms with Crippen LogP contribution in [-0.4, -0.2) is 78.8 Å². The van der Waals surface area contributed by atoms with E-state index >= 15 is 0 Å². The van der Waals surface area contributed by atoms with Crippen LogP contribution in [0, 0.1) is 0 Å². The molecule has 43 heavy (non-hydrogen) atoms. The van der Waals surface area contributed by atoms with E-state index in [1.807, 2.05) is 24.3 Å². The number of aliphatic hydroxyl groups is 1. The van der Waals surface area contributed by atoms with E-state index in [2.05, 4.69) is 49.8 Å². The minimum atomic E-state index is -1.90. The molecule has 2 saturated heterocycles. The van der Waals surface area contributed by atoms with E-state index in [1.165, 1.54) is 0 Å². The first-order valence-corrected chi connectivity index (χ1v) is 18.6. The number of hydrogen-bond acceptors (Lipinski definition) is 6. The highest BCUT2D eigenvalue weighted by molar-refractivity contribution is 6.74. The molecule has 0 bridgehead atoms. The largest absolute Gasteiger partial charge is 0.413 e. The number of amides is 4. The number of nitrogens with zero attached hydrogens (tertiary/aromatic N) is 1. The number of nitrogens with one attached hydrogen (secondary N) is 3. The van der Waals surface area contributed by atoms with Gasteiger partial charge in [0.15, 0.2) is 8.32 Å². The minimum absolute atomic E-state index is 0.0168. The number of rotatable bonds is 10. The Balaban J connectivity index is 1.85. The lowest BCUT2D eigenvalue weighted by Gasteiger charge is -2.36. The van der Waals surface area contributed by atoms with Crippen molar-refractivity contribution < 1.29 is 28.7 Å². The lowest BCUT2D eigenvalue weighted by atomic mass is 9.94. The number of unbranched alkanes of at least 4 members (excludes halogenated alkanes) is 1. The molecule has 0 unspecified atom stereocenters. The van der Waals surface area contributed by atoms with Crippen LogP contribution in [0.1, 0.15) is 84.3 Å². The van der Waals surface area contributed by atoms with Crippen LogP contribution in [0.2, 0.25) is 18.1 Å². The van der Waals surface area contributed by atoms with Crippen molar-refractivity contribution in [3.8, 4) is 0 Å². The summed E-state index contributed by atoms with van der Waals surface area (Å²) in [7, 11) is -1.90.